The van der Waals surface area contributed by atoms with Crippen LogP contribution in [0.3, 0.4) is 0 Å². The maximum absolute atomic E-state index is 11.7. The average Bonchev–Trinajstić information content (AvgIpc) is 3.14. The molecule has 1 N–H and O–H groups in total. The summed E-state index contributed by atoms with van der Waals surface area (Å²) in [6.45, 7) is -0.00338. The van der Waals surface area contributed by atoms with E-state index in [1.807, 2.05) is 18.2 Å². The molecule has 1 fully saturated rings. The zero-order valence-electron chi connectivity index (χ0n) is 14.9. The molecule has 0 radical (unpaired) electrons. The summed E-state index contributed by atoms with van der Waals surface area (Å²) >= 11 is 0. The number of ether oxygens (including phenoxy) is 3. The van der Waals surface area contributed by atoms with Crippen molar-refractivity contribution in [3.05, 3.63) is 23.8 Å². The van der Waals surface area contributed by atoms with Gasteiger partial charge in [-0.25, -0.2) is 0 Å². The summed E-state index contributed by atoms with van der Waals surface area (Å²) in [5.74, 6) is 6.69. The lowest BCUT2D eigenvalue weighted by molar-refractivity contribution is -0.140. The summed E-state index contributed by atoms with van der Waals surface area (Å²) in [6, 6.07) is 5.64. The molecular formula is C20H26O5. The van der Waals surface area contributed by atoms with Crippen LogP contribution >= 0.6 is 0 Å². The normalized spacial score (nSPS) is 15.2. The molecule has 0 heterocycles. The smallest absolute Gasteiger partial charge is 0.307 e. The third kappa shape index (κ3) is 5.68. The van der Waals surface area contributed by atoms with Crippen molar-refractivity contribution in [3.8, 4) is 23.3 Å². The van der Waals surface area contributed by atoms with E-state index in [0.29, 0.717) is 17.9 Å². The fraction of sp³-hybridized carbons (Fsp3) is 0.550. The number of carbonyl (C=O) groups is 1. The SMILES string of the molecule is COC(=O)CC(C#CCCO)c1ccc(OC)c(OC2CCCC2)c1. The Balaban J connectivity index is 2.25. The van der Waals surface area contributed by atoms with Crippen molar-refractivity contribution >= 4 is 5.97 Å². The first-order valence-electron chi connectivity index (χ1n) is 8.68. The van der Waals surface area contributed by atoms with E-state index >= 15 is 0 Å². The zero-order valence-corrected chi connectivity index (χ0v) is 14.9. The summed E-state index contributed by atoms with van der Waals surface area (Å²) in [4.78, 5) is 11.7. The second-order valence-corrected chi connectivity index (χ2v) is 6.06. The van der Waals surface area contributed by atoms with Crippen molar-refractivity contribution in [2.45, 2.75) is 50.5 Å². The molecule has 1 unspecified atom stereocenters. The number of hydrogen-bond donors (Lipinski definition) is 1. The van der Waals surface area contributed by atoms with Crippen LogP contribution in [0.2, 0.25) is 0 Å². The first-order chi connectivity index (χ1) is 12.2. The number of rotatable bonds is 7. The number of methoxy groups -OCH3 is 2. The Hall–Kier alpha value is -2.19. The van der Waals surface area contributed by atoms with Crippen LogP contribution in [0.1, 0.15) is 50.0 Å². The summed E-state index contributed by atoms with van der Waals surface area (Å²) in [5, 5.41) is 8.92. The van der Waals surface area contributed by atoms with Crippen LogP contribution < -0.4 is 9.47 Å². The average molecular weight is 346 g/mol. The molecule has 1 aliphatic carbocycles. The fourth-order valence-electron chi connectivity index (χ4n) is 2.94. The molecule has 25 heavy (non-hydrogen) atoms. The number of carbonyl (C=O) groups excluding carboxylic acids is 1. The minimum absolute atomic E-state index is 0.00338. The highest BCUT2D eigenvalue weighted by molar-refractivity contribution is 5.71. The largest absolute Gasteiger partial charge is 0.493 e. The molecule has 0 aromatic heterocycles. The molecule has 0 spiro atoms. The molecule has 1 aromatic carbocycles. The molecule has 5 heteroatoms. The van der Waals surface area contributed by atoms with Crippen molar-refractivity contribution in [2.24, 2.45) is 0 Å². The van der Waals surface area contributed by atoms with Gasteiger partial charge in [-0.05, 0) is 43.4 Å². The first kappa shape index (κ1) is 19.1. The van der Waals surface area contributed by atoms with Crippen LogP contribution in [-0.2, 0) is 9.53 Å². The third-order valence-electron chi connectivity index (χ3n) is 4.30. The van der Waals surface area contributed by atoms with Gasteiger partial charge in [0.1, 0.15) is 0 Å². The molecule has 136 valence electrons. The molecule has 1 atom stereocenters. The van der Waals surface area contributed by atoms with Gasteiger partial charge in [0, 0.05) is 6.42 Å². The van der Waals surface area contributed by atoms with Gasteiger partial charge >= 0.3 is 5.97 Å². The minimum Gasteiger partial charge on any atom is -0.493 e. The number of aliphatic hydroxyl groups excluding tert-OH is 1. The number of esters is 1. The van der Waals surface area contributed by atoms with E-state index < -0.39 is 0 Å². The van der Waals surface area contributed by atoms with Gasteiger partial charge < -0.3 is 19.3 Å². The Kier molecular flexibility index (Phi) is 7.62. The summed E-state index contributed by atoms with van der Waals surface area (Å²) in [6.07, 6.45) is 5.21. The lowest BCUT2D eigenvalue weighted by atomic mass is 9.95. The van der Waals surface area contributed by atoms with Crippen molar-refractivity contribution in [1.82, 2.24) is 0 Å². The zero-order chi connectivity index (χ0) is 18.1. The van der Waals surface area contributed by atoms with Crippen LogP contribution in [0.15, 0.2) is 18.2 Å². The van der Waals surface area contributed by atoms with Crippen LogP contribution in [-0.4, -0.2) is 38.0 Å². The minimum atomic E-state index is -0.322. The van der Waals surface area contributed by atoms with E-state index in [0.717, 1.165) is 18.4 Å². The highest BCUT2D eigenvalue weighted by Gasteiger charge is 2.21. The first-order valence-corrected chi connectivity index (χ1v) is 8.68. The Labute approximate surface area is 149 Å². The Morgan fingerprint density at radius 1 is 1.28 bits per heavy atom. The molecule has 2 rings (SSSR count). The monoisotopic (exact) mass is 346 g/mol. The number of benzene rings is 1. The van der Waals surface area contributed by atoms with E-state index in [9.17, 15) is 4.79 Å². The van der Waals surface area contributed by atoms with Crippen LogP contribution in [0, 0.1) is 11.8 Å². The summed E-state index contributed by atoms with van der Waals surface area (Å²) in [5.41, 5.74) is 0.879. The van der Waals surface area contributed by atoms with Gasteiger partial charge in [-0.3, -0.25) is 4.79 Å². The Bertz CT molecular complexity index is 623. The lowest BCUT2D eigenvalue weighted by Gasteiger charge is -2.18. The van der Waals surface area contributed by atoms with Gasteiger partial charge in [-0.1, -0.05) is 12.0 Å². The van der Waals surface area contributed by atoms with E-state index in [1.54, 1.807) is 7.11 Å². The van der Waals surface area contributed by atoms with Gasteiger partial charge in [0.15, 0.2) is 11.5 Å². The highest BCUT2D eigenvalue weighted by Crippen LogP contribution is 2.35. The molecule has 0 amide bonds. The van der Waals surface area contributed by atoms with Gasteiger partial charge in [0.2, 0.25) is 0 Å². The van der Waals surface area contributed by atoms with E-state index in [1.165, 1.54) is 20.0 Å². The van der Waals surface area contributed by atoms with Crippen LogP contribution in [0.25, 0.3) is 0 Å². The maximum Gasteiger partial charge on any atom is 0.307 e. The highest BCUT2D eigenvalue weighted by atomic mass is 16.5. The third-order valence-corrected chi connectivity index (χ3v) is 4.30. The predicted molar refractivity (Wildman–Crippen MR) is 94.7 cm³/mol. The molecule has 0 saturated heterocycles. The van der Waals surface area contributed by atoms with E-state index in [-0.39, 0.29) is 31.0 Å². The van der Waals surface area contributed by atoms with Gasteiger partial charge in [0.25, 0.3) is 0 Å². The molecule has 5 nitrogen and oxygen atoms in total. The standard InChI is InChI=1S/C20H26O5/c1-23-18-11-10-16(13-19(18)25-17-8-3-4-9-17)15(7-5-6-12-21)14-20(22)24-2/h10-11,13,15,17,21H,3-4,6,8-9,12,14H2,1-2H3. The Morgan fingerprint density at radius 2 is 2.04 bits per heavy atom. The summed E-state index contributed by atoms with van der Waals surface area (Å²) < 4.78 is 16.3. The second kappa shape index (κ2) is 9.95. The van der Waals surface area contributed by atoms with Gasteiger partial charge in [-0.2, -0.15) is 0 Å². The van der Waals surface area contributed by atoms with E-state index in [2.05, 4.69) is 11.8 Å². The number of hydrogen-bond acceptors (Lipinski definition) is 5. The van der Waals surface area contributed by atoms with Gasteiger partial charge in [0.05, 0.1) is 39.3 Å². The predicted octanol–water partition coefficient (Wildman–Crippen LogP) is 3.05. The van der Waals surface area contributed by atoms with Gasteiger partial charge in [-0.15, -0.1) is 5.92 Å². The van der Waals surface area contributed by atoms with Crippen molar-refractivity contribution in [1.29, 1.82) is 0 Å². The second-order valence-electron chi connectivity index (χ2n) is 6.06. The molecular weight excluding hydrogens is 320 g/mol. The summed E-state index contributed by atoms with van der Waals surface area (Å²) in [7, 11) is 2.98. The van der Waals surface area contributed by atoms with Crippen molar-refractivity contribution in [2.75, 3.05) is 20.8 Å². The van der Waals surface area contributed by atoms with E-state index in [4.69, 9.17) is 19.3 Å². The van der Waals surface area contributed by atoms with Crippen molar-refractivity contribution in [3.63, 3.8) is 0 Å². The maximum atomic E-state index is 11.7. The Morgan fingerprint density at radius 3 is 2.68 bits per heavy atom. The fourth-order valence-corrected chi connectivity index (χ4v) is 2.94. The molecule has 0 bridgehead atoms. The topological polar surface area (TPSA) is 65.0 Å². The van der Waals surface area contributed by atoms with Crippen LogP contribution in [0.5, 0.6) is 11.5 Å². The number of aliphatic hydroxyl groups is 1. The van der Waals surface area contributed by atoms with Crippen LogP contribution in [0.4, 0.5) is 0 Å². The molecule has 1 saturated carbocycles. The van der Waals surface area contributed by atoms with Crippen molar-refractivity contribution < 1.29 is 24.1 Å². The lowest BCUT2D eigenvalue weighted by Crippen LogP contribution is -2.12. The molecule has 1 aromatic rings. The quantitative estimate of drug-likeness (QED) is 0.607. The molecule has 1 aliphatic rings. The molecule has 0 aliphatic heterocycles.